The second-order valence-corrected chi connectivity index (χ2v) is 20.1. The van der Waals surface area contributed by atoms with Crippen LogP contribution in [0.1, 0.15) is 175 Å². The molecular formula is C45H69CeO3. The van der Waals surface area contributed by atoms with E-state index < -0.39 is 0 Å². The van der Waals surface area contributed by atoms with Crippen LogP contribution in [0.25, 0.3) is 0 Å². The summed E-state index contributed by atoms with van der Waals surface area (Å²) in [4.78, 5) is 0. The minimum atomic E-state index is -0.0803. The molecule has 0 saturated carbocycles. The van der Waals surface area contributed by atoms with Gasteiger partial charge in [0.25, 0.3) is 0 Å². The molecule has 0 saturated heterocycles. The number of hydrogen-bond donors (Lipinski definition) is 0. The SMILES string of the molecule is Cc1cc(C(C)(C)C)c([O-])c(C(C)(C)C)c1.Cc1cc(C(C)(C)C)c([O-])c(C(C)(C)C)c1.Cc1cc(C(C)(C)C)c([O-])c(C(C)(C)C)c1.[Ce+3]. The van der Waals surface area contributed by atoms with Gasteiger partial charge in [-0.1, -0.05) is 178 Å². The molecule has 0 aliphatic carbocycles. The maximum Gasteiger partial charge on any atom is 3.00 e. The molecule has 0 aliphatic rings. The van der Waals surface area contributed by atoms with Crippen LogP contribution in [-0.2, 0) is 32.5 Å². The number of aryl methyl sites for hydroxylation is 3. The van der Waals surface area contributed by atoms with Crippen molar-refractivity contribution in [1.82, 2.24) is 0 Å². The molecule has 0 unspecified atom stereocenters. The van der Waals surface area contributed by atoms with Crippen molar-refractivity contribution >= 4 is 0 Å². The summed E-state index contributed by atoms with van der Waals surface area (Å²) in [7, 11) is 0. The molecule has 0 bridgehead atoms. The summed E-state index contributed by atoms with van der Waals surface area (Å²) in [6.07, 6.45) is 0. The maximum absolute atomic E-state index is 12.4. The molecule has 0 heterocycles. The van der Waals surface area contributed by atoms with Crippen molar-refractivity contribution in [3.63, 3.8) is 0 Å². The van der Waals surface area contributed by atoms with E-state index in [-0.39, 0.29) is 91.5 Å². The molecule has 0 amide bonds. The molecule has 0 N–H and O–H groups in total. The Morgan fingerprint density at radius 1 is 0.286 bits per heavy atom. The van der Waals surface area contributed by atoms with Crippen molar-refractivity contribution in [2.45, 2.75) is 178 Å². The van der Waals surface area contributed by atoms with E-state index in [1.807, 2.05) is 36.4 Å². The summed E-state index contributed by atoms with van der Waals surface area (Å²) in [6.45, 7) is 43.8. The summed E-state index contributed by atoms with van der Waals surface area (Å²) >= 11 is 0. The van der Waals surface area contributed by atoms with E-state index in [1.54, 1.807) is 0 Å². The van der Waals surface area contributed by atoms with Gasteiger partial charge in [0.2, 0.25) is 0 Å². The van der Waals surface area contributed by atoms with Gasteiger partial charge in [-0.25, -0.2) is 0 Å². The molecule has 0 aliphatic heterocycles. The Kier molecular flexibility index (Phi) is 15.9. The molecule has 271 valence electrons. The van der Waals surface area contributed by atoms with Crippen LogP contribution >= 0.6 is 0 Å². The van der Waals surface area contributed by atoms with E-state index in [0.29, 0.717) is 0 Å². The van der Waals surface area contributed by atoms with Crippen molar-refractivity contribution in [3.05, 3.63) is 86.5 Å². The largest absolute Gasteiger partial charge is 3.00 e. The summed E-state index contributed by atoms with van der Waals surface area (Å²) < 4.78 is 0. The zero-order chi connectivity index (χ0) is 38.2. The third kappa shape index (κ3) is 13.5. The zero-order valence-corrected chi connectivity index (χ0v) is 38.3. The maximum atomic E-state index is 12.4. The summed E-state index contributed by atoms with van der Waals surface area (Å²) in [5, 5.41) is 37.2. The van der Waals surface area contributed by atoms with E-state index in [4.69, 9.17) is 0 Å². The quantitative estimate of drug-likeness (QED) is 0.227. The Hall–Kier alpha value is -1.56. The first-order valence-corrected chi connectivity index (χ1v) is 17.6. The van der Waals surface area contributed by atoms with Crippen molar-refractivity contribution in [1.29, 1.82) is 0 Å². The molecule has 1 radical (unpaired) electrons. The molecular weight excluding hydrogens is 729 g/mol. The normalized spacial score (nSPS) is 12.7. The van der Waals surface area contributed by atoms with E-state index in [0.717, 1.165) is 33.4 Å². The van der Waals surface area contributed by atoms with Gasteiger partial charge in [-0.3, -0.25) is 0 Å². The van der Waals surface area contributed by atoms with Crippen LogP contribution in [0.5, 0.6) is 17.2 Å². The zero-order valence-electron chi connectivity index (χ0n) is 35.2. The van der Waals surface area contributed by atoms with Crippen LogP contribution in [0.3, 0.4) is 0 Å². The molecule has 3 aromatic rings. The monoisotopic (exact) mass is 797 g/mol. The second-order valence-electron chi connectivity index (χ2n) is 20.1. The van der Waals surface area contributed by atoms with Crippen LogP contribution in [0, 0.1) is 62.5 Å². The molecule has 0 fully saturated rings. The van der Waals surface area contributed by atoms with E-state index >= 15 is 0 Å². The molecule has 3 rings (SSSR count). The average molecular weight is 798 g/mol. The first kappa shape index (κ1) is 47.4. The first-order valence-electron chi connectivity index (χ1n) is 17.6. The molecule has 0 aromatic heterocycles. The fourth-order valence-electron chi connectivity index (χ4n) is 5.66. The number of hydrogen-bond acceptors (Lipinski definition) is 3. The van der Waals surface area contributed by atoms with Crippen molar-refractivity contribution in [2.24, 2.45) is 0 Å². The van der Waals surface area contributed by atoms with Gasteiger partial charge < -0.3 is 15.3 Å². The molecule has 49 heavy (non-hydrogen) atoms. The predicted octanol–water partition coefficient (Wildman–Crippen LogP) is 11.0. The second kappa shape index (κ2) is 16.4. The van der Waals surface area contributed by atoms with Gasteiger partial charge in [0.15, 0.2) is 0 Å². The summed E-state index contributed by atoms with van der Waals surface area (Å²) in [6, 6.07) is 12.2. The Bertz CT molecular complexity index is 1260. The first-order chi connectivity index (χ1) is 21.1. The smallest absolute Gasteiger partial charge is 0.872 e. The summed E-state index contributed by atoms with van der Waals surface area (Å²) in [5.74, 6) is 0.641. The third-order valence-electron chi connectivity index (χ3n) is 8.55. The minimum Gasteiger partial charge on any atom is -0.872 e. The van der Waals surface area contributed by atoms with Gasteiger partial charge in [0.1, 0.15) is 0 Å². The van der Waals surface area contributed by atoms with Gasteiger partial charge in [-0.05, 0) is 86.6 Å². The fourth-order valence-corrected chi connectivity index (χ4v) is 5.66. The van der Waals surface area contributed by atoms with Crippen LogP contribution in [-0.4, -0.2) is 0 Å². The van der Waals surface area contributed by atoms with Crippen molar-refractivity contribution in [2.75, 3.05) is 0 Å². The van der Waals surface area contributed by atoms with Crippen LogP contribution in [0.15, 0.2) is 36.4 Å². The Morgan fingerprint density at radius 3 is 0.469 bits per heavy atom. The minimum absolute atomic E-state index is 0. The van der Waals surface area contributed by atoms with Crippen molar-refractivity contribution < 1.29 is 57.1 Å². The molecule has 0 spiro atoms. The topological polar surface area (TPSA) is 69.2 Å². The predicted molar refractivity (Wildman–Crippen MR) is 204 cm³/mol. The van der Waals surface area contributed by atoms with E-state index in [1.165, 1.54) is 16.7 Å². The average Bonchev–Trinajstić information content (AvgIpc) is 2.84. The van der Waals surface area contributed by atoms with Gasteiger partial charge in [0, 0.05) is 0 Å². The van der Waals surface area contributed by atoms with E-state index in [2.05, 4.69) is 145 Å². The Balaban J connectivity index is 0.000000698. The third-order valence-corrected chi connectivity index (χ3v) is 8.55. The number of benzene rings is 3. The van der Waals surface area contributed by atoms with E-state index in [9.17, 15) is 15.3 Å². The Morgan fingerprint density at radius 2 is 0.388 bits per heavy atom. The van der Waals surface area contributed by atoms with Gasteiger partial charge >= 0.3 is 41.7 Å². The van der Waals surface area contributed by atoms with Crippen LogP contribution < -0.4 is 15.3 Å². The standard InChI is InChI=1S/3C15H24O.Ce/c3*1-10-8-11(14(2,3)4)13(16)12(9-10)15(5,6)7;/h3*8-9,16H,1-7H3;/q;;;+3/p-3. The molecule has 3 nitrogen and oxygen atoms in total. The molecule has 4 heteroatoms. The Labute approximate surface area is 336 Å². The van der Waals surface area contributed by atoms with Crippen molar-refractivity contribution in [3.8, 4) is 17.2 Å². The van der Waals surface area contributed by atoms with Crippen LogP contribution in [0.2, 0.25) is 0 Å². The van der Waals surface area contributed by atoms with Gasteiger partial charge in [-0.15, -0.1) is 17.2 Å². The fraction of sp³-hybridized carbons (Fsp3) is 0.600. The van der Waals surface area contributed by atoms with Crippen LogP contribution in [0.4, 0.5) is 0 Å². The molecule has 0 atom stereocenters. The summed E-state index contributed by atoms with van der Waals surface area (Å²) in [5.41, 5.74) is 8.61. The number of rotatable bonds is 0. The van der Waals surface area contributed by atoms with Gasteiger partial charge in [-0.2, -0.15) is 0 Å². The van der Waals surface area contributed by atoms with Gasteiger partial charge in [0.05, 0.1) is 0 Å². The molecule has 3 aromatic carbocycles.